The molecule has 46 heavy (non-hydrogen) atoms. The maximum Gasteiger partial charge on any atom is 0.173 e. The van der Waals surface area contributed by atoms with Gasteiger partial charge in [0.05, 0.1) is 6.20 Å². The van der Waals surface area contributed by atoms with E-state index in [9.17, 15) is 4.39 Å². The Bertz CT molecular complexity index is 2160. The number of aromatic nitrogens is 5. The van der Waals surface area contributed by atoms with Crippen molar-refractivity contribution in [1.82, 2.24) is 24.1 Å². The molecule has 3 aromatic carbocycles. The monoisotopic (exact) mass is 623 g/mol. The third-order valence-corrected chi connectivity index (χ3v) is 9.46. The number of imidazole rings is 1. The Kier molecular flexibility index (Phi) is 6.99. The van der Waals surface area contributed by atoms with Gasteiger partial charge in [-0.25, -0.2) is 18.7 Å². The molecule has 8 rings (SSSR count). The highest BCUT2D eigenvalue weighted by atomic mass is 32.1. The van der Waals surface area contributed by atoms with Crippen molar-refractivity contribution >= 4 is 17.0 Å². The van der Waals surface area contributed by atoms with Crippen LogP contribution in [-0.2, 0) is 5.54 Å². The Labute approximate surface area is 268 Å². The smallest absolute Gasteiger partial charge is 0.173 e. The molecular weight excluding hydrogens is 597 g/mol. The van der Waals surface area contributed by atoms with Crippen molar-refractivity contribution in [2.75, 3.05) is 0 Å². The molecule has 4 heterocycles. The summed E-state index contributed by atoms with van der Waals surface area (Å²) in [5, 5.41) is 7.96. The first-order valence-corrected chi connectivity index (χ1v) is 15.9. The van der Waals surface area contributed by atoms with Gasteiger partial charge in [-0.2, -0.15) is 5.10 Å². The maximum atomic E-state index is 15.8. The van der Waals surface area contributed by atoms with Gasteiger partial charge in [0.1, 0.15) is 27.8 Å². The SMILES string of the molecule is Fc1ccc(-c2nn(C(c3ccccc3)(c3ccccc3)C3C=CC=CC3)cc2-c2cc(F)c3ncc(-c4nccs4)n3c2)cc1. The highest BCUT2D eigenvalue weighted by Crippen LogP contribution is 2.46. The molecule has 0 amide bonds. The van der Waals surface area contributed by atoms with E-state index in [2.05, 4.69) is 58.5 Å². The van der Waals surface area contributed by atoms with Gasteiger partial charge in [-0.1, -0.05) is 85.0 Å². The maximum absolute atomic E-state index is 15.8. The third-order valence-electron chi connectivity index (χ3n) is 8.66. The summed E-state index contributed by atoms with van der Waals surface area (Å²) in [5.41, 5.74) is 4.92. The van der Waals surface area contributed by atoms with Crippen LogP contribution in [0.3, 0.4) is 0 Å². The Morgan fingerprint density at radius 3 is 2.20 bits per heavy atom. The summed E-state index contributed by atoms with van der Waals surface area (Å²) in [7, 11) is 0. The molecule has 1 aliphatic rings. The Balaban J connectivity index is 1.44. The van der Waals surface area contributed by atoms with Crippen LogP contribution in [0.1, 0.15) is 17.5 Å². The second kappa shape index (κ2) is 11.5. The second-order valence-corrected chi connectivity index (χ2v) is 12.1. The van der Waals surface area contributed by atoms with Crippen molar-refractivity contribution in [3.05, 3.63) is 168 Å². The molecule has 0 saturated heterocycles. The minimum atomic E-state index is -0.763. The zero-order chi connectivity index (χ0) is 31.1. The molecule has 7 aromatic rings. The number of halogens is 2. The number of allylic oxidation sites excluding steroid dienone is 4. The molecular formula is C38H27F2N5S. The molecule has 0 spiro atoms. The van der Waals surface area contributed by atoms with Gasteiger partial charge in [-0.15, -0.1) is 11.3 Å². The fourth-order valence-electron chi connectivity index (χ4n) is 6.59. The van der Waals surface area contributed by atoms with Crippen molar-refractivity contribution in [2.45, 2.75) is 12.0 Å². The highest BCUT2D eigenvalue weighted by molar-refractivity contribution is 7.13. The molecule has 0 aliphatic heterocycles. The lowest BCUT2D eigenvalue weighted by molar-refractivity contribution is 0.293. The lowest BCUT2D eigenvalue weighted by atomic mass is 9.70. The molecule has 0 saturated carbocycles. The first kappa shape index (κ1) is 28.0. The van der Waals surface area contributed by atoms with E-state index in [1.807, 2.05) is 58.9 Å². The molecule has 1 aliphatic carbocycles. The van der Waals surface area contributed by atoms with Crippen molar-refractivity contribution < 1.29 is 8.78 Å². The number of pyridine rings is 1. The quantitative estimate of drug-likeness (QED) is 0.178. The fourth-order valence-corrected chi connectivity index (χ4v) is 7.24. The molecule has 1 unspecified atom stereocenters. The summed E-state index contributed by atoms with van der Waals surface area (Å²) in [5.74, 6) is -0.804. The predicted molar refractivity (Wildman–Crippen MR) is 178 cm³/mol. The highest BCUT2D eigenvalue weighted by Gasteiger charge is 2.44. The van der Waals surface area contributed by atoms with Crippen molar-refractivity contribution in [3.63, 3.8) is 0 Å². The minimum Gasteiger partial charge on any atom is -0.294 e. The van der Waals surface area contributed by atoms with E-state index in [-0.39, 0.29) is 17.4 Å². The fraction of sp³-hybridized carbons (Fsp3) is 0.0789. The summed E-state index contributed by atoms with van der Waals surface area (Å²) in [4.78, 5) is 8.80. The summed E-state index contributed by atoms with van der Waals surface area (Å²) < 4.78 is 33.8. The van der Waals surface area contributed by atoms with Crippen LogP contribution in [0.2, 0.25) is 0 Å². The van der Waals surface area contributed by atoms with E-state index in [1.165, 1.54) is 29.5 Å². The zero-order valence-corrected chi connectivity index (χ0v) is 25.4. The molecule has 8 heteroatoms. The van der Waals surface area contributed by atoms with Gasteiger partial charge < -0.3 is 0 Å². The van der Waals surface area contributed by atoms with Crippen molar-refractivity contribution in [2.24, 2.45) is 5.92 Å². The number of thiazole rings is 1. The molecule has 0 N–H and O–H groups in total. The standard InChI is InChI=1S/C38H27F2N5S/c39-31-18-16-26(17-19-31)35-32(27-22-33(40)36-42-23-34(44(36)24-27)37-41-20-21-46-37)25-45(43-35)38(28-10-4-1-5-11-28,29-12-6-2-7-13-29)30-14-8-3-9-15-30/h1-14,16-25,30H,15H2. The van der Waals surface area contributed by atoms with Gasteiger partial charge >= 0.3 is 0 Å². The van der Waals surface area contributed by atoms with Crippen LogP contribution < -0.4 is 0 Å². The van der Waals surface area contributed by atoms with Crippen LogP contribution in [-0.4, -0.2) is 24.1 Å². The summed E-state index contributed by atoms with van der Waals surface area (Å²) >= 11 is 1.46. The molecule has 0 radical (unpaired) electrons. The average molecular weight is 624 g/mol. The second-order valence-electron chi connectivity index (χ2n) is 11.2. The van der Waals surface area contributed by atoms with Gasteiger partial charge in [0, 0.05) is 46.6 Å². The topological polar surface area (TPSA) is 48.0 Å². The van der Waals surface area contributed by atoms with Crippen molar-refractivity contribution in [3.8, 4) is 33.1 Å². The minimum absolute atomic E-state index is 0.000452. The molecule has 4 aromatic heterocycles. The Hall–Kier alpha value is -5.47. The number of hydrogen-bond acceptors (Lipinski definition) is 4. The summed E-state index contributed by atoms with van der Waals surface area (Å²) in [6, 6.07) is 28.5. The zero-order valence-electron chi connectivity index (χ0n) is 24.5. The third kappa shape index (κ3) is 4.61. The van der Waals surface area contributed by atoms with Crippen molar-refractivity contribution in [1.29, 1.82) is 0 Å². The van der Waals surface area contributed by atoms with E-state index in [1.54, 1.807) is 28.9 Å². The van der Waals surface area contributed by atoms with Crippen LogP contribution in [0.5, 0.6) is 0 Å². The molecule has 224 valence electrons. The number of hydrogen-bond donors (Lipinski definition) is 0. The Morgan fingerprint density at radius 2 is 1.54 bits per heavy atom. The number of nitrogens with zero attached hydrogens (tertiary/aromatic N) is 5. The van der Waals surface area contributed by atoms with E-state index < -0.39 is 11.4 Å². The normalized spacial score (nSPS) is 14.7. The predicted octanol–water partition coefficient (Wildman–Crippen LogP) is 9.19. The van der Waals surface area contributed by atoms with E-state index in [4.69, 9.17) is 5.10 Å². The van der Waals surface area contributed by atoms with Crippen LogP contribution >= 0.6 is 11.3 Å². The number of benzene rings is 3. The Morgan fingerprint density at radius 1 is 0.804 bits per heavy atom. The van der Waals surface area contributed by atoms with E-state index >= 15 is 4.39 Å². The molecule has 0 bridgehead atoms. The summed E-state index contributed by atoms with van der Waals surface area (Å²) in [6.45, 7) is 0. The first-order chi connectivity index (χ1) is 22.6. The van der Waals surface area contributed by atoms with Crippen LogP contribution in [0.25, 0.3) is 38.7 Å². The average Bonchev–Trinajstić information content (AvgIpc) is 3.88. The first-order valence-electron chi connectivity index (χ1n) is 15.0. The van der Waals surface area contributed by atoms with E-state index in [0.29, 0.717) is 22.5 Å². The van der Waals surface area contributed by atoms with Crippen LogP contribution in [0.4, 0.5) is 8.78 Å². The molecule has 0 fully saturated rings. The van der Waals surface area contributed by atoms with E-state index in [0.717, 1.165) is 28.1 Å². The number of fused-ring (bicyclic) bond motifs is 1. The van der Waals surface area contributed by atoms with Gasteiger partial charge in [-0.05, 0) is 47.9 Å². The van der Waals surface area contributed by atoms with Gasteiger partial charge in [0.15, 0.2) is 11.5 Å². The van der Waals surface area contributed by atoms with Gasteiger partial charge in [-0.3, -0.25) is 9.08 Å². The van der Waals surface area contributed by atoms with Crippen LogP contribution in [0.15, 0.2) is 145 Å². The van der Waals surface area contributed by atoms with Gasteiger partial charge in [0.2, 0.25) is 0 Å². The number of rotatable bonds is 7. The van der Waals surface area contributed by atoms with Gasteiger partial charge in [0.25, 0.3) is 0 Å². The summed E-state index contributed by atoms with van der Waals surface area (Å²) in [6.07, 6.45) is 16.6. The largest absolute Gasteiger partial charge is 0.294 e. The lowest BCUT2D eigenvalue weighted by Crippen LogP contribution is -2.43. The molecule has 1 atom stereocenters. The molecule has 5 nitrogen and oxygen atoms in total. The van der Waals surface area contributed by atoms with Crippen LogP contribution in [0, 0.1) is 17.6 Å². The lowest BCUT2D eigenvalue weighted by Gasteiger charge is -2.41.